The number of hydrogen-bond acceptors (Lipinski definition) is 3. The third-order valence-electron chi connectivity index (χ3n) is 3.04. The summed E-state index contributed by atoms with van der Waals surface area (Å²) in [6.07, 6.45) is 1.08. The van der Waals surface area contributed by atoms with Crippen molar-refractivity contribution >= 4 is 17.6 Å². The highest BCUT2D eigenvalue weighted by molar-refractivity contribution is 5.89. The molecule has 0 aromatic heterocycles. The number of carboxylic acid groups (broad SMARTS) is 2. The summed E-state index contributed by atoms with van der Waals surface area (Å²) in [4.78, 5) is 23.3. The number of anilines is 1. The Morgan fingerprint density at radius 3 is 2.67 bits per heavy atom. The zero-order chi connectivity index (χ0) is 13.3. The van der Waals surface area contributed by atoms with Gasteiger partial charge in [0.2, 0.25) is 0 Å². The topological polar surface area (TPSA) is 77.8 Å². The van der Waals surface area contributed by atoms with Crippen LogP contribution in [0, 0.1) is 5.82 Å². The van der Waals surface area contributed by atoms with E-state index in [4.69, 9.17) is 10.2 Å². The lowest BCUT2D eigenvalue weighted by molar-refractivity contribution is -0.138. The van der Waals surface area contributed by atoms with Crippen LogP contribution in [0.15, 0.2) is 18.2 Å². The van der Waals surface area contributed by atoms with Crippen molar-refractivity contribution in [3.05, 3.63) is 29.6 Å². The van der Waals surface area contributed by atoms with Crippen LogP contribution < -0.4 is 4.90 Å². The summed E-state index contributed by atoms with van der Waals surface area (Å²) >= 11 is 0. The monoisotopic (exact) mass is 253 g/mol. The number of halogens is 1. The Morgan fingerprint density at radius 1 is 1.33 bits per heavy atom. The van der Waals surface area contributed by atoms with Crippen molar-refractivity contribution < 1.29 is 24.2 Å². The molecule has 1 saturated heterocycles. The minimum atomic E-state index is -1.16. The molecule has 18 heavy (non-hydrogen) atoms. The predicted octanol–water partition coefficient (Wildman–Crippen LogP) is 1.58. The van der Waals surface area contributed by atoms with Gasteiger partial charge in [-0.1, -0.05) is 0 Å². The molecule has 2 N–H and O–H groups in total. The molecular weight excluding hydrogens is 241 g/mol. The van der Waals surface area contributed by atoms with Crippen molar-refractivity contribution in [3.63, 3.8) is 0 Å². The highest BCUT2D eigenvalue weighted by Crippen LogP contribution is 2.29. The number of aliphatic carboxylic acids is 1. The average Bonchev–Trinajstić information content (AvgIpc) is 2.78. The van der Waals surface area contributed by atoms with E-state index >= 15 is 0 Å². The summed E-state index contributed by atoms with van der Waals surface area (Å²) in [5.74, 6) is -2.79. The molecule has 1 aromatic carbocycles. The molecule has 1 aliphatic rings. The molecule has 0 radical (unpaired) electrons. The third-order valence-corrected chi connectivity index (χ3v) is 3.04. The Kier molecular flexibility index (Phi) is 3.18. The second-order valence-corrected chi connectivity index (χ2v) is 4.16. The Balaban J connectivity index is 2.40. The minimum Gasteiger partial charge on any atom is -0.480 e. The normalized spacial score (nSPS) is 18.9. The van der Waals surface area contributed by atoms with Gasteiger partial charge in [-0.25, -0.2) is 14.0 Å². The summed E-state index contributed by atoms with van der Waals surface area (Å²) in [5, 5.41) is 17.9. The van der Waals surface area contributed by atoms with Gasteiger partial charge in [0, 0.05) is 6.54 Å². The Morgan fingerprint density at radius 2 is 2.06 bits per heavy atom. The zero-order valence-electron chi connectivity index (χ0n) is 9.47. The maximum atomic E-state index is 13.7. The predicted molar refractivity (Wildman–Crippen MR) is 61.4 cm³/mol. The quantitative estimate of drug-likeness (QED) is 0.855. The molecule has 96 valence electrons. The average molecular weight is 253 g/mol. The maximum absolute atomic E-state index is 13.7. The van der Waals surface area contributed by atoms with Crippen molar-refractivity contribution in [1.29, 1.82) is 0 Å². The zero-order valence-corrected chi connectivity index (χ0v) is 9.47. The first kappa shape index (κ1) is 12.3. The van der Waals surface area contributed by atoms with Crippen molar-refractivity contribution in [3.8, 4) is 0 Å². The molecule has 1 heterocycles. The van der Waals surface area contributed by atoms with Gasteiger partial charge in [-0.2, -0.15) is 0 Å². The molecule has 1 fully saturated rings. The Labute approximate surface area is 102 Å². The third kappa shape index (κ3) is 2.13. The van der Waals surface area contributed by atoms with Gasteiger partial charge in [0.05, 0.1) is 11.3 Å². The van der Waals surface area contributed by atoms with E-state index in [0.29, 0.717) is 19.4 Å². The molecular formula is C12H12FNO4. The van der Waals surface area contributed by atoms with Crippen LogP contribution in [-0.2, 0) is 4.79 Å². The van der Waals surface area contributed by atoms with E-state index in [2.05, 4.69) is 0 Å². The number of carbonyl (C=O) groups is 2. The van der Waals surface area contributed by atoms with Crippen LogP contribution >= 0.6 is 0 Å². The second kappa shape index (κ2) is 4.64. The number of hydrogen-bond donors (Lipinski definition) is 2. The van der Waals surface area contributed by atoms with E-state index in [-0.39, 0.29) is 11.3 Å². The standard InChI is InChI=1S/C12H12FNO4/c13-8-4-3-7(11(15)16)6-10(8)14-5-1-2-9(14)12(17)18/h3-4,6,9H,1-2,5H2,(H,15,16)(H,17,18). The fraction of sp³-hybridized carbons (Fsp3) is 0.333. The maximum Gasteiger partial charge on any atom is 0.335 e. The van der Waals surface area contributed by atoms with Gasteiger partial charge in [0.15, 0.2) is 0 Å². The lowest BCUT2D eigenvalue weighted by Gasteiger charge is -2.24. The van der Waals surface area contributed by atoms with Crippen molar-refractivity contribution in [2.75, 3.05) is 11.4 Å². The first-order valence-corrected chi connectivity index (χ1v) is 5.53. The first-order chi connectivity index (χ1) is 8.50. The summed E-state index contributed by atoms with van der Waals surface area (Å²) in [7, 11) is 0. The molecule has 1 unspecified atom stereocenters. The summed E-state index contributed by atoms with van der Waals surface area (Å²) in [5.41, 5.74) is -0.0118. The lowest BCUT2D eigenvalue weighted by Crippen LogP contribution is -2.36. The van der Waals surface area contributed by atoms with Gasteiger partial charge in [0.1, 0.15) is 11.9 Å². The molecule has 2 rings (SSSR count). The molecule has 5 nitrogen and oxygen atoms in total. The molecule has 1 aromatic rings. The van der Waals surface area contributed by atoms with E-state index in [9.17, 15) is 14.0 Å². The van der Waals surface area contributed by atoms with E-state index in [1.54, 1.807) is 0 Å². The van der Waals surface area contributed by atoms with Gasteiger partial charge >= 0.3 is 11.9 Å². The van der Waals surface area contributed by atoms with Gasteiger partial charge in [0.25, 0.3) is 0 Å². The molecule has 0 spiro atoms. The van der Waals surface area contributed by atoms with Crippen molar-refractivity contribution in [2.24, 2.45) is 0 Å². The van der Waals surface area contributed by atoms with Crippen LogP contribution in [0.25, 0.3) is 0 Å². The Hall–Kier alpha value is -2.11. The number of rotatable bonds is 3. The molecule has 1 atom stereocenters. The first-order valence-electron chi connectivity index (χ1n) is 5.53. The second-order valence-electron chi connectivity index (χ2n) is 4.16. The van der Waals surface area contributed by atoms with Gasteiger partial charge in [-0.15, -0.1) is 0 Å². The molecule has 0 bridgehead atoms. The largest absolute Gasteiger partial charge is 0.480 e. The fourth-order valence-electron chi connectivity index (χ4n) is 2.18. The number of aromatic carboxylic acids is 1. The summed E-state index contributed by atoms with van der Waals surface area (Å²) in [6.45, 7) is 0.414. The van der Waals surface area contributed by atoms with Crippen LogP contribution in [0.4, 0.5) is 10.1 Å². The lowest BCUT2D eigenvalue weighted by atomic mass is 10.1. The van der Waals surface area contributed by atoms with Crippen molar-refractivity contribution in [2.45, 2.75) is 18.9 Å². The van der Waals surface area contributed by atoms with E-state index < -0.39 is 23.8 Å². The fourth-order valence-corrected chi connectivity index (χ4v) is 2.18. The minimum absolute atomic E-state index is 0.0415. The molecule has 1 aliphatic heterocycles. The van der Waals surface area contributed by atoms with Crippen LogP contribution in [0.3, 0.4) is 0 Å². The van der Waals surface area contributed by atoms with E-state index in [0.717, 1.165) is 12.1 Å². The SMILES string of the molecule is O=C(O)c1ccc(F)c(N2CCCC2C(=O)O)c1. The van der Waals surface area contributed by atoms with Crippen LogP contribution in [0.1, 0.15) is 23.2 Å². The molecule has 0 saturated carbocycles. The highest BCUT2D eigenvalue weighted by atomic mass is 19.1. The summed E-state index contributed by atoms with van der Waals surface area (Å²) in [6, 6.07) is 2.60. The summed E-state index contributed by atoms with van der Waals surface area (Å²) < 4.78 is 13.7. The molecule has 6 heteroatoms. The van der Waals surface area contributed by atoms with Crippen LogP contribution in [-0.4, -0.2) is 34.7 Å². The van der Waals surface area contributed by atoms with E-state index in [1.165, 1.54) is 11.0 Å². The molecule has 0 amide bonds. The smallest absolute Gasteiger partial charge is 0.335 e. The van der Waals surface area contributed by atoms with Crippen LogP contribution in [0.5, 0.6) is 0 Å². The van der Waals surface area contributed by atoms with Gasteiger partial charge in [-0.05, 0) is 31.0 Å². The highest BCUT2D eigenvalue weighted by Gasteiger charge is 2.32. The number of nitrogens with zero attached hydrogens (tertiary/aromatic N) is 1. The van der Waals surface area contributed by atoms with Gasteiger partial charge < -0.3 is 15.1 Å². The van der Waals surface area contributed by atoms with Gasteiger partial charge in [-0.3, -0.25) is 0 Å². The number of carboxylic acids is 2. The van der Waals surface area contributed by atoms with E-state index in [1.807, 2.05) is 0 Å². The van der Waals surface area contributed by atoms with Crippen LogP contribution in [0.2, 0.25) is 0 Å². The Bertz CT molecular complexity index is 503. The molecule has 0 aliphatic carbocycles. The van der Waals surface area contributed by atoms with Crippen molar-refractivity contribution in [1.82, 2.24) is 0 Å². The number of benzene rings is 1.